The number of carbonyl (C=O) groups is 2. The molecule has 1 fully saturated rings. The molecule has 2 aromatic carbocycles. The van der Waals surface area contributed by atoms with Crippen LogP contribution in [0, 0.1) is 0 Å². The van der Waals surface area contributed by atoms with Crippen molar-refractivity contribution >= 4 is 34.1 Å². The van der Waals surface area contributed by atoms with Crippen molar-refractivity contribution in [2.75, 3.05) is 18.4 Å². The summed E-state index contributed by atoms with van der Waals surface area (Å²) in [6, 6.07) is 10.3. The van der Waals surface area contributed by atoms with E-state index in [0.29, 0.717) is 30.6 Å². The maximum absolute atomic E-state index is 13.2. The summed E-state index contributed by atoms with van der Waals surface area (Å²) in [5, 5.41) is 8.53. The van der Waals surface area contributed by atoms with Gasteiger partial charge in [0.1, 0.15) is 6.54 Å². The van der Waals surface area contributed by atoms with Crippen LogP contribution in [0.25, 0.3) is 10.9 Å². The molecular formula is C23H23F2N5O2. The fraction of sp³-hybridized carbons (Fsp3) is 0.348. The first-order valence-electron chi connectivity index (χ1n) is 10.6. The summed E-state index contributed by atoms with van der Waals surface area (Å²) < 4.78 is 28.2. The lowest BCUT2D eigenvalue weighted by Crippen LogP contribution is -2.45. The third-order valence-electron chi connectivity index (χ3n) is 6.27. The number of hydrogen-bond donors (Lipinski definition) is 1. The number of aryl methyl sites for hydroxylation is 1. The molecule has 1 unspecified atom stereocenters. The Labute approximate surface area is 183 Å². The minimum Gasteiger partial charge on any atom is -0.355 e. The smallest absolute Gasteiger partial charge is 0.258 e. The van der Waals surface area contributed by atoms with Crippen LogP contribution in [-0.4, -0.2) is 57.0 Å². The lowest BCUT2D eigenvalue weighted by atomic mass is 10.1. The summed E-state index contributed by atoms with van der Waals surface area (Å²) in [5.41, 5.74) is 3.79. The first kappa shape index (κ1) is 20.4. The Kier molecular flexibility index (Phi) is 5.03. The molecule has 1 N–H and O–H groups in total. The average molecular weight is 439 g/mol. The predicted octanol–water partition coefficient (Wildman–Crippen LogP) is 3.53. The number of nitrogens with zero attached hydrogens (tertiary/aromatic N) is 4. The van der Waals surface area contributed by atoms with Crippen LogP contribution in [0.2, 0.25) is 0 Å². The zero-order valence-corrected chi connectivity index (χ0v) is 17.6. The molecule has 7 nitrogen and oxygen atoms in total. The Balaban J connectivity index is 1.35. The van der Waals surface area contributed by atoms with E-state index in [2.05, 4.69) is 10.4 Å². The summed E-state index contributed by atoms with van der Waals surface area (Å²) in [7, 11) is 1.87. The Morgan fingerprint density at radius 1 is 1.28 bits per heavy atom. The van der Waals surface area contributed by atoms with Gasteiger partial charge in [-0.25, -0.2) is 8.78 Å². The minimum atomic E-state index is -2.57. The van der Waals surface area contributed by atoms with E-state index in [0.717, 1.165) is 22.2 Å². The van der Waals surface area contributed by atoms with E-state index in [1.165, 1.54) is 9.80 Å². The van der Waals surface area contributed by atoms with Gasteiger partial charge in [0.15, 0.2) is 0 Å². The molecule has 1 saturated heterocycles. The average Bonchev–Trinajstić information content (AvgIpc) is 3.47. The first-order valence-corrected chi connectivity index (χ1v) is 10.6. The molecule has 0 spiro atoms. The minimum absolute atomic E-state index is 0.197. The van der Waals surface area contributed by atoms with E-state index < -0.39 is 18.4 Å². The van der Waals surface area contributed by atoms with Crippen LogP contribution in [0.15, 0.2) is 42.6 Å². The second-order valence-electron chi connectivity index (χ2n) is 8.30. The molecule has 1 aromatic heterocycles. The SMILES string of the molecule is Cn1ncc2cc(Nc3cccc4c3C(=O)N(CC(=O)N3CCCC3C(F)F)C4)ccc21. The normalized spacial score (nSPS) is 18.1. The lowest BCUT2D eigenvalue weighted by molar-refractivity contribution is -0.135. The molecule has 2 aliphatic heterocycles. The van der Waals surface area contributed by atoms with Crippen LogP contribution < -0.4 is 5.32 Å². The largest absolute Gasteiger partial charge is 0.355 e. The van der Waals surface area contributed by atoms with Gasteiger partial charge in [0.05, 0.1) is 29.0 Å². The van der Waals surface area contributed by atoms with Crippen molar-refractivity contribution in [2.45, 2.75) is 31.9 Å². The van der Waals surface area contributed by atoms with E-state index >= 15 is 0 Å². The van der Waals surface area contributed by atoms with E-state index in [1.807, 2.05) is 43.4 Å². The molecule has 2 aliphatic rings. The van der Waals surface area contributed by atoms with Crippen LogP contribution in [0.3, 0.4) is 0 Å². The van der Waals surface area contributed by atoms with Gasteiger partial charge in [0.25, 0.3) is 12.3 Å². The van der Waals surface area contributed by atoms with Crippen LogP contribution in [-0.2, 0) is 18.4 Å². The second kappa shape index (κ2) is 7.89. The molecule has 0 radical (unpaired) electrons. The standard InChI is InChI=1S/C23H23F2N5O2/c1-28-18-8-7-16(10-15(18)11-26-28)27-17-5-2-4-14-12-29(23(32)21(14)17)13-20(31)30-9-3-6-19(30)22(24)25/h2,4-5,7-8,10-11,19,22,27H,3,6,9,12-13H2,1H3. The Morgan fingerprint density at radius 2 is 2.12 bits per heavy atom. The van der Waals surface area contributed by atoms with Gasteiger partial charge in [-0.15, -0.1) is 0 Å². The van der Waals surface area contributed by atoms with Gasteiger partial charge in [-0.05, 0) is 42.7 Å². The first-order chi connectivity index (χ1) is 15.4. The highest BCUT2D eigenvalue weighted by Gasteiger charge is 2.38. The third-order valence-corrected chi connectivity index (χ3v) is 6.27. The fourth-order valence-electron chi connectivity index (χ4n) is 4.67. The summed E-state index contributed by atoms with van der Waals surface area (Å²) >= 11 is 0. The Hall–Kier alpha value is -3.49. The monoisotopic (exact) mass is 439 g/mol. The van der Waals surface area contributed by atoms with Crippen LogP contribution in [0.1, 0.15) is 28.8 Å². The van der Waals surface area contributed by atoms with Crippen molar-refractivity contribution in [3.63, 3.8) is 0 Å². The predicted molar refractivity (Wildman–Crippen MR) is 116 cm³/mol. The van der Waals surface area contributed by atoms with E-state index in [4.69, 9.17) is 0 Å². The quantitative estimate of drug-likeness (QED) is 0.660. The number of anilines is 2. The number of likely N-dealkylation sites (tertiary alicyclic amines) is 1. The second-order valence-corrected chi connectivity index (χ2v) is 8.30. The van der Waals surface area contributed by atoms with Gasteiger partial charge in [-0.2, -0.15) is 5.10 Å². The van der Waals surface area contributed by atoms with E-state index in [-0.39, 0.29) is 19.0 Å². The Morgan fingerprint density at radius 3 is 2.94 bits per heavy atom. The van der Waals surface area contributed by atoms with Crippen LogP contribution in [0.5, 0.6) is 0 Å². The molecular weight excluding hydrogens is 416 g/mol. The molecule has 5 rings (SSSR count). The number of benzene rings is 2. The van der Waals surface area contributed by atoms with Crippen molar-refractivity contribution in [2.24, 2.45) is 7.05 Å². The zero-order valence-electron chi connectivity index (χ0n) is 17.6. The highest BCUT2D eigenvalue weighted by atomic mass is 19.3. The number of aromatic nitrogens is 2. The number of hydrogen-bond acceptors (Lipinski definition) is 4. The van der Waals surface area contributed by atoms with Crippen molar-refractivity contribution in [1.82, 2.24) is 19.6 Å². The molecule has 0 bridgehead atoms. The molecule has 3 aromatic rings. The fourth-order valence-corrected chi connectivity index (χ4v) is 4.67. The molecule has 3 heterocycles. The number of amides is 2. The number of carbonyl (C=O) groups excluding carboxylic acids is 2. The van der Waals surface area contributed by atoms with Crippen molar-refractivity contribution in [3.8, 4) is 0 Å². The van der Waals surface area contributed by atoms with Crippen LogP contribution >= 0.6 is 0 Å². The maximum Gasteiger partial charge on any atom is 0.258 e. The molecule has 2 amide bonds. The summed E-state index contributed by atoms with van der Waals surface area (Å²) in [4.78, 5) is 28.5. The van der Waals surface area contributed by atoms with Gasteiger partial charge in [0.2, 0.25) is 5.91 Å². The topological polar surface area (TPSA) is 70.5 Å². The number of halogens is 2. The van der Waals surface area contributed by atoms with E-state index in [9.17, 15) is 18.4 Å². The number of fused-ring (bicyclic) bond motifs is 2. The molecule has 9 heteroatoms. The molecule has 0 aliphatic carbocycles. The molecule has 0 saturated carbocycles. The van der Waals surface area contributed by atoms with Crippen LogP contribution in [0.4, 0.5) is 20.2 Å². The zero-order chi connectivity index (χ0) is 22.4. The van der Waals surface area contributed by atoms with Gasteiger partial charge in [-0.3, -0.25) is 14.3 Å². The molecule has 166 valence electrons. The Bertz CT molecular complexity index is 1210. The number of nitrogens with one attached hydrogen (secondary N) is 1. The van der Waals surface area contributed by atoms with E-state index in [1.54, 1.807) is 10.9 Å². The van der Waals surface area contributed by atoms with Gasteiger partial charge in [-0.1, -0.05) is 12.1 Å². The molecule has 32 heavy (non-hydrogen) atoms. The summed E-state index contributed by atoms with van der Waals surface area (Å²) in [5.74, 6) is -0.697. The van der Waals surface area contributed by atoms with Crippen molar-refractivity contribution in [3.05, 3.63) is 53.7 Å². The van der Waals surface area contributed by atoms with Gasteiger partial charge in [0, 0.05) is 31.2 Å². The lowest BCUT2D eigenvalue weighted by Gasteiger charge is -2.26. The van der Waals surface area contributed by atoms with Gasteiger partial charge >= 0.3 is 0 Å². The molecule has 1 atom stereocenters. The van der Waals surface area contributed by atoms with Gasteiger partial charge < -0.3 is 15.1 Å². The van der Waals surface area contributed by atoms with Crippen molar-refractivity contribution in [1.29, 1.82) is 0 Å². The number of alkyl halides is 2. The third kappa shape index (κ3) is 3.47. The highest BCUT2D eigenvalue weighted by Crippen LogP contribution is 2.32. The van der Waals surface area contributed by atoms with Crippen molar-refractivity contribution < 1.29 is 18.4 Å². The maximum atomic E-state index is 13.2. The number of rotatable bonds is 5. The summed E-state index contributed by atoms with van der Waals surface area (Å²) in [6.45, 7) is 0.397. The highest BCUT2D eigenvalue weighted by molar-refractivity contribution is 6.05. The summed E-state index contributed by atoms with van der Waals surface area (Å²) in [6.07, 6.45) is 0.0669.